The van der Waals surface area contributed by atoms with Crippen LogP contribution < -0.4 is 4.90 Å². The van der Waals surface area contributed by atoms with Crippen LogP contribution in [0.4, 0.5) is 17.1 Å². The molecule has 1 heteroatoms. The average Bonchev–Trinajstić information content (AvgIpc) is 3.63. The van der Waals surface area contributed by atoms with Crippen molar-refractivity contribution in [3.8, 4) is 44.5 Å². The molecule has 1 aliphatic carbocycles. The third-order valence-corrected chi connectivity index (χ3v) is 12.3. The third kappa shape index (κ3) is 5.70. The zero-order chi connectivity index (χ0) is 39.9. The molecule has 0 aliphatic heterocycles. The number of benzene rings is 10. The quantitative estimate of drug-likeness (QED) is 0.149. The Bertz CT molecular complexity index is 3080. The number of para-hydroxylation sites is 1. The molecule has 0 saturated carbocycles. The van der Waals surface area contributed by atoms with Gasteiger partial charge in [-0.1, -0.05) is 218 Å². The van der Waals surface area contributed by atoms with Crippen molar-refractivity contribution < 1.29 is 0 Å². The summed E-state index contributed by atoms with van der Waals surface area (Å²) < 4.78 is 0. The molecular weight excluding hydrogens is 723 g/mol. The molecule has 10 aromatic rings. The van der Waals surface area contributed by atoms with Crippen LogP contribution in [-0.2, 0) is 5.41 Å². The van der Waals surface area contributed by atoms with Gasteiger partial charge in [0.15, 0.2) is 0 Å². The van der Waals surface area contributed by atoms with E-state index >= 15 is 0 Å². The van der Waals surface area contributed by atoms with Gasteiger partial charge < -0.3 is 4.90 Å². The maximum Gasteiger partial charge on any atom is 0.0714 e. The molecule has 0 bridgehead atoms. The Morgan fingerprint density at radius 1 is 0.300 bits per heavy atom. The summed E-state index contributed by atoms with van der Waals surface area (Å²) in [6.45, 7) is 0. The van der Waals surface area contributed by atoms with E-state index in [1.54, 1.807) is 0 Å². The Hall–Kier alpha value is -7.74. The van der Waals surface area contributed by atoms with Gasteiger partial charge in [-0.15, -0.1) is 0 Å². The zero-order valence-corrected chi connectivity index (χ0v) is 33.1. The van der Waals surface area contributed by atoms with Crippen molar-refractivity contribution in [3.05, 3.63) is 271 Å². The molecule has 0 atom stereocenters. The Morgan fingerprint density at radius 3 is 1.33 bits per heavy atom. The van der Waals surface area contributed by atoms with E-state index in [0.717, 1.165) is 11.4 Å². The molecule has 60 heavy (non-hydrogen) atoms. The van der Waals surface area contributed by atoms with E-state index in [9.17, 15) is 0 Å². The average molecular weight is 764 g/mol. The number of hydrogen-bond donors (Lipinski definition) is 0. The van der Waals surface area contributed by atoms with Crippen molar-refractivity contribution in [2.75, 3.05) is 4.90 Å². The Morgan fingerprint density at radius 2 is 0.733 bits per heavy atom. The summed E-state index contributed by atoms with van der Waals surface area (Å²) in [5.74, 6) is 0. The molecule has 0 unspecified atom stereocenters. The van der Waals surface area contributed by atoms with Gasteiger partial charge in [0, 0.05) is 22.3 Å². The predicted molar refractivity (Wildman–Crippen MR) is 252 cm³/mol. The maximum absolute atomic E-state index is 2.49. The number of anilines is 3. The van der Waals surface area contributed by atoms with E-state index in [1.165, 1.54) is 83.2 Å². The van der Waals surface area contributed by atoms with E-state index in [-0.39, 0.29) is 0 Å². The first-order valence-electron chi connectivity index (χ1n) is 20.8. The minimum Gasteiger partial charge on any atom is -0.309 e. The smallest absolute Gasteiger partial charge is 0.0714 e. The normalized spacial score (nSPS) is 12.5. The topological polar surface area (TPSA) is 3.24 Å². The van der Waals surface area contributed by atoms with Crippen LogP contribution in [0.1, 0.15) is 22.3 Å². The highest BCUT2D eigenvalue weighted by atomic mass is 15.1. The van der Waals surface area contributed by atoms with E-state index in [1.807, 2.05) is 0 Å². The molecule has 0 N–H and O–H groups in total. The van der Waals surface area contributed by atoms with Crippen LogP contribution in [0.5, 0.6) is 0 Å². The maximum atomic E-state index is 2.49. The van der Waals surface area contributed by atoms with Gasteiger partial charge in [-0.05, 0) is 96.9 Å². The summed E-state index contributed by atoms with van der Waals surface area (Å²) in [6.07, 6.45) is 0. The molecule has 0 aromatic heterocycles. The number of hydrogen-bond acceptors (Lipinski definition) is 1. The van der Waals surface area contributed by atoms with Crippen molar-refractivity contribution in [2.24, 2.45) is 0 Å². The van der Waals surface area contributed by atoms with Crippen LogP contribution in [0.2, 0.25) is 0 Å². The fourth-order valence-corrected chi connectivity index (χ4v) is 9.80. The minimum atomic E-state index is -0.529. The molecule has 11 rings (SSSR count). The molecular formula is C59H41N. The van der Waals surface area contributed by atoms with Crippen molar-refractivity contribution >= 4 is 27.8 Å². The molecule has 0 fully saturated rings. The molecule has 10 aromatic carbocycles. The summed E-state index contributed by atoms with van der Waals surface area (Å²) in [7, 11) is 0. The van der Waals surface area contributed by atoms with Crippen molar-refractivity contribution in [1.29, 1.82) is 0 Å². The highest BCUT2D eigenvalue weighted by molar-refractivity contribution is 6.11. The number of nitrogens with zero attached hydrogens (tertiary/aromatic N) is 1. The van der Waals surface area contributed by atoms with Gasteiger partial charge in [0.25, 0.3) is 0 Å². The van der Waals surface area contributed by atoms with Crippen LogP contribution in [0.3, 0.4) is 0 Å². The molecule has 282 valence electrons. The van der Waals surface area contributed by atoms with Crippen LogP contribution in [0, 0.1) is 0 Å². The lowest BCUT2D eigenvalue weighted by Gasteiger charge is -2.35. The zero-order valence-electron chi connectivity index (χ0n) is 33.1. The van der Waals surface area contributed by atoms with E-state index in [4.69, 9.17) is 0 Å². The second kappa shape index (κ2) is 14.9. The largest absolute Gasteiger partial charge is 0.309 e. The van der Waals surface area contributed by atoms with Gasteiger partial charge in [-0.3, -0.25) is 0 Å². The van der Waals surface area contributed by atoms with Crippen LogP contribution >= 0.6 is 0 Å². The van der Waals surface area contributed by atoms with Gasteiger partial charge in [-0.25, -0.2) is 0 Å². The summed E-state index contributed by atoms with van der Waals surface area (Å²) in [5, 5.41) is 2.41. The first-order valence-corrected chi connectivity index (χ1v) is 20.8. The lowest BCUT2D eigenvalue weighted by atomic mass is 9.67. The monoisotopic (exact) mass is 763 g/mol. The van der Waals surface area contributed by atoms with Crippen LogP contribution in [-0.4, -0.2) is 0 Å². The molecule has 0 heterocycles. The van der Waals surface area contributed by atoms with Crippen molar-refractivity contribution in [3.63, 3.8) is 0 Å². The Kier molecular flexibility index (Phi) is 8.79. The van der Waals surface area contributed by atoms with Gasteiger partial charge >= 0.3 is 0 Å². The van der Waals surface area contributed by atoms with Crippen molar-refractivity contribution in [2.45, 2.75) is 5.41 Å². The molecule has 1 nitrogen and oxygen atoms in total. The van der Waals surface area contributed by atoms with E-state index < -0.39 is 5.41 Å². The lowest BCUT2D eigenvalue weighted by Crippen LogP contribution is -2.28. The predicted octanol–water partition coefficient (Wildman–Crippen LogP) is 15.7. The first kappa shape index (κ1) is 35.4. The summed E-state index contributed by atoms with van der Waals surface area (Å²) in [4.78, 5) is 2.49. The standard InChI is InChI=1S/C59H41N/c1-5-21-42(22-6-1)49-30-15-17-33-52(49)53-34-18-16-31-50(53)43-37-39-48(40-38-43)60(47-28-11-4-12-29-47)58-51-32-14-13-23-44(51)41-56-57(58)54-35-19-20-36-55(54)59(56,45-24-7-2-8-25-45)46-26-9-3-10-27-46/h1-41H. The van der Waals surface area contributed by atoms with Crippen LogP contribution in [0.15, 0.2) is 249 Å². The fourth-order valence-electron chi connectivity index (χ4n) is 9.80. The molecule has 0 radical (unpaired) electrons. The van der Waals surface area contributed by atoms with Gasteiger partial charge in [-0.2, -0.15) is 0 Å². The third-order valence-electron chi connectivity index (χ3n) is 12.3. The van der Waals surface area contributed by atoms with Gasteiger partial charge in [0.1, 0.15) is 0 Å². The van der Waals surface area contributed by atoms with Crippen LogP contribution in [0.25, 0.3) is 55.3 Å². The second-order valence-corrected chi connectivity index (χ2v) is 15.6. The lowest BCUT2D eigenvalue weighted by molar-refractivity contribution is 0.769. The SMILES string of the molecule is c1ccc(-c2ccccc2-c2ccccc2-c2ccc(N(c3ccccc3)c3c4c(cc5ccccc35)C(c3ccccc3)(c3ccccc3)c3ccccc3-4)cc2)cc1. The minimum absolute atomic E-state index is 0.529. The van der Waals surface area contributed by atoms with Gasteiger partial charge in [0.05, 0.1) is 11.1 Å². The number of rotatable bonds is 8. The first-order chi connectivity index (χ1) is 29.8. The molecule has 0 amide bonds. The molecule has 0 saturated heterocycles. The molecule has 1 aliphatic rings. The van der Waals surface area contributed by atoms with Gasteiger partial charge in [0.2, 0.25) is 0 Å². The van der Waals surface area contributed by atoms with Crippen molar-refractivity contribution in [1.82, 2.24) is 0 Å². The van der Waals surface area contributed by atoms with E-state index in [2.05, 4.69) is 254 Å². The number of fused-ring (bicyclic) bond motifs is 4. The highest BCUT2D eigenvalue weighted by Crippen LogP contribution is 2.61. The summed E-state index contributed by atoms with van der Waals surface area (Å²) in [5.41, 5.74) is 17.7. The summed E-state index contributed by atoms with van der Waals surface area (Å²) >= 11 is 0. The Labute approximate surface area is 352 Å². The van der Waals surface area contributed by atoms with E-state index in [0.29, 0.717) is 0 Å². The Balaban J connectivity index is 1.15. The second-order valence-electron chi connectivity index (χ2n) is 15.6. The summed E-state index contributed by atoms with van der Waals surface area (Å²) in [6, 6.07) is 91.0. The molecule has 0 spiro atoms. The fraction of sp³-hybridized carbons (Fsp3) is 0.0169. The highest BCUT2D eigenvalue weighted by Gasteiger charge is 2.48.